The van der Waals surface area contributed by atoms with Crippen LogP contribution in [-0.4, -0.2) is 30.6 Å². The third kappa shape index (κ3) is 4.05. The molecule has 0 spiro atoms. The van der Waals surface area contributed by atoms with Gasteiger partial charge in [-0.1, -0.05) is 31.2 Å². The zero-order valence-electron chi connectivity index (χ0n) is 12.7. The minimum atomic E-state index is 0.758. The lowest BCUT2D eigenvalue weighted by Gasteiger charge is -2.35. The van der Waals surface area contributed by atoms with Crippen molar-refractivity contribution < 1.29 is 0 Å². The Morgan fingerprint density at radius 1 is 1.16 bits per heavy atom. The highest BCUT2D eigenvalue weighted by atomic mass is 15.1. The molecule has 19 heavy (non-hydrogen) atoms. The molecule has 2 rings (SSSR count). The first-order valence-corrected chi connectivity index (χ1v) is 7.68. The molecule has 0 heterocycles. The van der Waals surface area contributed by atoms with E-state index >= 15 is 0 Å². The Bertz CT molecular complexity index is 381. The predicted octanol–water partition coefficient (Wildman–Crippen LogP) is 3.35. The molecule has 0 aliphatic heterocycles. The van der Waals surface area contributed by atoms with Crippen molar-refractivity contribution in [2.24, 2.45) is 0 Å². The molecule has 0 unspecified atom stereocenters. The minimum absolute atomic E-state index is 0.758. The number of aryl methyl sites for hydroxylation is 1. The van der Waals surface area contributed by atoms with Crippen LogP contribution < -0.4 is 5.32 Å². The summed E-state index contributed by atoms with van der Waals surface area (Å²) in [6.07, 6.45) is 5.33. The van der Waals surface area contributed by atoms with Crippen LogP contribution in [0.3, 0.4) is 0 Å². The fourth-order valence-corrected chi connectivity index (χ4v) is 3.19. The Labute approximate surface area is 118 Å². The van der Waals surface area contributed by atoms with Crippen LogP contribution in [0, 0.1) is 6.92 Å². The Morgan fingerprint density at radius 2 is 1.84 bits per heavy atom. The molecule has 2 heteroatoms. The van der Waals surface area contributed by atoms with Gasteiger partial charge in [0.2, 0.25) is 0 Å². The van der Waals surface area contributed by atoms with Gasteiger partial charge in [0.05, 0.1) is 0 Å². The first-order valence-electron chi connectivity index (χ1n) is 7.68. The molecule has 1 N–H and O–H groups in total. The molecule has 0 bridgehead atoms. The summed E-state index contributed by atoms with van der Waals surface area (Å²) < 4.78 is 0. The monoisotopic (exact) mass is 260 g/mol. The molecule has 1 aliphatic rings. The number of benzene rings is 1. The lowest BCUT2D eigenvalue weighted by atomic mass is 9.90. The van der Waals surface area contributed by atoms with Gasteiger partial charge in [0, 0.05) is 18.6 Å². The zero-order chi connectivity index (χ0) is 13.7. The van der Waals surface area contributed by atoms with Crippen LogP contribution in [-0.2, 0) is 6.54 Å². The SMILES string of the molecule is CCNC1CCC(N(C)Cc2ccccc2C)CC1. The Hall–Kier alpha value is -0.860. The molecule has 2 nitrogen and oxygen atoms in total. The summed E-state index contributed by atoms with van der Waals surface area (Å²) >= 11 is 0. The average Bonchev–Trinajstić information content (AvgIpc) is 2.42. The Morgan fingerprint density at radius 3 is 2.47 bits per heavy atom. The fourth-order valence-electron chi connectivity index (χ4n) is 3.19. The van der Waals surface area contributed by atoms with Crippen molar-refractivity contribution in [2.45, 2.75) is 58.2 Å². The van der Waals surface area contributed by atoms with Gasteiger partial charge < -0.3 is 5.32 Å². The highest BCUT2D eigenvalue weighted by Crippen LogP contribution is 2.24. The van der Waals surface area contributed by atoms with Crippen molar-refractivity contribution in [1.82, 2.24) is 10.2 Å². The van der Waals surface area contributed by atoms with Gasteiger partial charge >= 0.3 is 0 Å². The summed E-state index contributed by atoms with van der Waals surface area (Å²) in [6.45, 7) is 6.61. The average molecular weight is 260 g/mol. The van der Waals surface area contributed by atoms with Crippen LogP contribution in [0.4, 0.5) is 0 Å². The van der Waals surface area contributed by atoms with E-state index in [1.165, 1.54) is 36.8 Å². The van der Waals surface area contributed by atoms with Gasteiger partial charge in [-0.05, 0) is 57.3 Å². The summed E-state index contributed by atoms with van der Waals surface area (Å²) in [7, 11) is 2.28. The van der Waals surface area contributed by atoms with Crippen LogP contribution in [0.25, 0.3) is 0 Å². The molecule has 1 aromatic carbocycles. The largest absolute Gasteiger partial charge is 0.314 e. The normalized spacial score (nSPS) is 23.8. The smallest absolute Gasteiger partial charge is 0.0236 e. The van der Waals surface area contributed by atoms with Crippen molar-refractivity contribution in [2.75, 3.05) is 13.6 Å². The Balaban J connectivity index is 1.85. The van der Waals surface area contributed by atoms with E-state index in [9.17, 15) is 0 Å². The number of nitrogens with one attached hydrogen (secondary N) is 1. The molecule has 106 valence electrons. The van der Waals surface area contributed by atoms with E-state index in [1.54, 1.807) is 0 Å². The van der Waals surface area contributed by atoms with Crippen molar-refractivity contribution in [3.8, 4) is 0 Å². The third-order valence-electron chi connectivity index (χ3n) is 4.49. The molecule has 0 amide bonds. The molecule has 0 aromatic heterocycles. The van der Waals surface area contributed by atoms with E-state index in [4.69, 9.17) is 0 Å². The summed E-state index contributed by atoms with van der Waals surface area (Å²) in [6, 6.07) is 10.3. The predicted molar refractivity (Wildman–Crippen MR) is 82.4 cm³/mol. The summed E-state index contributed by atoms with van der Waals surface area (Å²) in [5, 5.41) is 3.58. The second-order valence-corrected chi connectivity index (χ2v) is 5.90. The Kier molecular flexibility index (Phi) is 5.41. The zero-order valence-corrected chi connectivity index (χ0v) is 12.7. The van der Waals surface area contributed by atoms with Crippen LogP contribution in [0.1, 0.15) is 43.7 Å². The topological polar surface area (TPSA) is 15.3 Å². The molecule has 1 aromatic rings. The first-order chi connectivity index (χ1) is 9.20. The second-order valence-electron chi connectivity index (χ2n) is 5.90. The van der Waals surface area contributed by atoms with Crippen LogP contribution in [0.5, 0.6) is 0 Å². The summed E-state index contributed by atoms with van der Waals surface area (Å²) in [5.74, 6) is 0. The maximum Gasteiger partial charge on any atom is 0.0236 e. The number of hydrogen-bond acceptors (Lipinski definition) is 2. The van der Waals surface area contributed by atoms with Gasteiger partial charge in [-0.3, -0.25) is 4.90 Å². The quantitative estimate of drug-likeness (QED) is 0.873. The van der Waals surface area contributed by atoms with E-state index in [2.05, 4.69) is 55.4 Å². The van der Waals surface area contributed by atoms with E-state index in [0.717, 1.165) is 25.2 Å². The minimum Gasteiger partial charge on any atom is -0.314 e. The first kappa shape index (κ1) is 14.5. The van der Waals surface area contributed by atoms with Gasteiger partial charge in [0.1, 0.15) is 0 Å². The fraction of sp³-hybridized carbons (Fsp3) is 0.647. The lowest BCUT2D eigenvalue weighted by molar-refractivity contribution is 0.168. The number of nitrogens with zero attached hydrogens (tertiary/aromatic N) is 1. The maximum atomic E-state index is 3.58. The van der Waals surface area contributed by atoms with E-state index in [-0.39, 0.29) is 0 Å². The van der Waals surface area contributed by atoms with Crippen molar-refractivity contribution >= 4 is 0 Å². The van der Waals surface area contributed by atoms with Gasteiger partial charge in [-0.2, -0.15) is 0 Å². The molecule has 1 fully saturated rings. The second kappa shape index (κ2) is 7.06. The van der Waals surface area contributed by atoms with Crippen molar-refractivity contribution in [3.05, 3.63) is 35.4 Å². The maximum absolute atomic E-state index is 3.58. The molecule has 1 saturated carbocycles. The van der Waals surface area contributed by atoms with Crippen LogP contribution in [0.2, 0.25) is 0 Å². The van der Waals surface area contributed by atoms with Gasteiger partial charge in [-0.25, -0.2) is 0 Å². The van der Waals surface area contributed by atoms with Crippen LogP contribution in [0.15, 0.2) is 24.3 Å². The molecule has 1 aliphatic carbocycles. The lowest BCUT2D eigenvalue weighted by Crippen LogP contribution is -2.40. The van der Waals surface area contributed by atoms with Gasteiger partial charge in [0.25, 0.3) is 0 Å². The summed E-state index contributed by atoms with van der Waals surface area (Å²) in [4.78, 5) is 2.55. The molecular weight excluding hydrogens is 232 g/mol. The van der Waals surface area contributed by atoms with Gasteiger partial charge in [0.15, 0.2) is 0 Å². The molecule has 0 radical (unpaired) electrons. The molecule has 0 atom stereocenters. The highest BCUT2D eigenvalue weighted by Gasteiger charge is 2.23. The standard InChI is InChI=1S/C17H28N2/c1-4-18-16-9-11-17(12-10-16)19(3)13-15-8-6-5-7-14(15)2/h5-8,16-18H,4,9-13H2,1-3H3. The van der Waals surface area contributed by atoms with Crippen LogP contribution >= 0.6 is 0 Å². The summed E-state index contributed by atoms with van der Waals surface area (Å²) in [5.41, 5.74) is 2.88. The van der Waals surface area contributed by atoms with E-state index in [0.29, 0.717) is 0 Å². The van der Waals surface area contributed by atoms with Gasteiger partial charge in [-0.15, -0.1) is 0 Å². The number of rotatable bonds is 5. The van der Waals surface area contributed by atoms with E-state index < -0.39 is 0 Å². The third-order valence-corrected chi connectivity index (χ3v) is 4.49. The molecule has 0 saturated heterocycles. The number of hydrogen-bond donors (Lipinski definition) is 1. The van der Waals surface area contributed by atoms with Crippen molar-refractivity contribution in [3.63, 3.8) is 0 Å². The molecular formula is C17H28N2. The highest BCUT2D eigenvalue weighted by molar-refractivity contribution is 5.25. The van der Waals surface area contributed by atoms with Crippen molar-refractivity contribution in [1.29, 1.82) is 0 Å². The van der Waals surface area contributed by atoms with E-state index in [1.807, 2.05) is 0 Å².